The third-order valence-electron chi connectivity index (χ3n) is 2.14. The summed E-state index contributed by atoms with van der Waals surface area (Å²) in [6.45, 7) is 3.82. The number of hydrogen-bond donors (Lipinski definition) is 0. The highest BCUT2D eigenvalue weighted by Gasteiger charge is 2.08. The predicted molar refractivity (Wildman–Crippen MR) is 56.9 cm³/mol. The van der Waals surface area contributed by atoms with Gasteiger partial charge in [0.25, 0.3) is 0 Å². The van der Waals surface area contributed by atoms with Crippen molar-refractivity contribution in [2.24, 2.45) is 0 Å². The van der Waals surface area contributed by atoms with Crippen LogP contribution in [-0.2, 0) is 0 Å². The van der Waals surface area contributed by atoms with Crippen molar-refractivity contribution < 1.29 is 8.78 Å². The lowest BCUT2D eigenvalue weighted by Gasteiger charge is -1.96. The molecule has 0 bridgehead atoms. The zero-order chi connectivity index (χ0) is 11.0. The molecule has 0 amide bonds. The number of thiazole rings is 1. The molecule has 0 aliphatic rings. The van der Waals surface area contributed by atoms with E-state index >= 15 is 0 Å². The van der Waals surface area contributed by atoms with E-state index in [4.69, 9.17) is 0 Å². The van der Waals surface area contributed by atoms with Gasteiger partial charge >= 0.3 is 0 Å². The summed E-state index contributed by atoms with van der Waals surface area (Å²) in [6.07, 6.45) is 0. The van der Waals surface area contributed by atoms with Crippen molar-refractivity contribution in [3.8, 4) is 10.6 Å². The van der Waals surface area contributed by atoms with Gasteiger partial charge in [-0.2, -0.15) is 0 Å². The van der Waals surface area contributed by atoms with Gasteiger partial charge in [0.15, 0.2) is 0 Å². The highest BCUT2D eigenvalue weighted by atomic mass is 32.1. The number of aryl methyl sites for hydroxylation is 2. The predicted octanol–water partition coefficient (Wildman–Crippen LogP) is 3.71. The minimum absolute atomic E-state index is 0.494. The second-order valence-corrected chi connectivity index (χ2v) is 4.52. The van der Waals surface area contributed by atoms with E-state index in [0.29, 0.717) is 10.6 Å². The Kier molecular flexibility index (Phi) is 2.52. The molecule has 1 aromatic carbocycles. The van der Waals surface area contributed by atoms with Crippen LogP contribution in [0.15, 0.2) is 18.2 Å². The van der Waals surface area contributed by atoms with E-state index in [1.54, 1.807) is 0 Å². The van der Waals surface area contributed by atoms with Crippen molar-refractivity contribution >= 4 is 11.3 Å². The number of hydrogen-bond acceptors (Lipinski definition) is 2. The Morgan fingerprint density at radius 3 is 2.13 bits per heavy atom. The van der Waals surface area contributed by atoms with Gasteiger partial charge in [0.2, 0.25) is 0 Å². The molecule has 1 nitrogen and oxygen atoms in total. The van der Waals surface area contributed by atoms with Gasteiger partial charge in [-0.1, -0.05) is 0 Å². The average molecular weight is 225 g/mol. The molecule has 1 heterocycles. The summed E-state index contributed by atoms with van der Waals surface area (Å²) >= 11 is 1.44. The van der Waals surface area contributed by atoms with Crippen LogP contribution in [0.25, 0.3) is 10.6 Å². The van der Waals surface area contributed by atoms with Crippen molar-refractivity contribution in [1.82, 2.24) is 4.98 Å². The molecule has 2 aromatic rings. The molecule has 4 heteroatoms. The first kappa shape index (κ1) is 10.2. The van der Waals surface area contributed by atoms with E-state index in [1.807, 2.05) is 13.8 Å². The lowest BCUT2D eigenvalue weighted by molar-refractivity contribution is 0.584. The van der Waals surface area contributed by atoms with Gasteiger partial charge in [0.1, 0.15) is 16.6 Å². The average Bonchev–Trinajstić information content (AvgIpc) is 2.45. The van der Waals surface area contributed by atoms with Gasteiger partial charge in [-0.25, -0.2) is 13.8 Å². The minimum Gasteiger partial charge on any atom is -0.241 e. The fourth-order valence-electron chi connectivity index (χ4n) is 1.27. The molecule has 78 valence electrons. The van der Waals surface area contributed by atoms with Crippen LogP contribution in [0.4, 0.5) is 8.78 Å². The first-order chi connectivity index (χ1) is 7.06. The quantitative estimate of drug-likeness (QED) is 0.721. The molecule has 1 aromatic heterocycles. The highest BCUT2D eigenvalue weighted by Crippen LogP contribution is 2.28. The SMILES string of the molecule is Cc1nc(-c2cc(F)cc(F)c2)sc1C. The Balaban J connectivity index is 2.53. The summed E-state index contributed by atoms with van der Waals surface area (Å²) in [5.41, 5.74) is 1.40. The zero-order valence-electron chi connectivity index (χ0n) is 8.34. The molecule has 15 heavy (non-hydrogen) atoms. The molecule has 0 unspecified atom stereocenters. The largest absolute Gasteiger partial charge is 0.241 e. The second kappa shape index (κ2) is 3.70. The molecule has 0 aliphatic heterocycles. The molecular formula is C11H9F2NS. The van der Waals surface area contributed by atoms with Crippen molar-refractivity contribution in [3.05, 3.63) is 40.4 Å². The maximum absolute atomic E-state index is 13.0. The van der Waals surface area contributed by atoms with Gasteiger partial charge in [-0.15, -0.1) is 11.3 Å². The Bertz CT molecular complexity index is 466. The number of rotatable bonds is 1. The van der Waals surface area contributed by atoms with Crippen molar-refractivity contribution in [2.75, 3.05) is 0 Å². The fraction of sp³-hybridized carbons (Fsp3) is 0.182. The maximum Gasteiger partial charge on any atom is 0.126 e. The molecule has 0 spiro atoms. The number of halogens is 2. The van der Waals surface area contributed by atoms with E-state index in [2.05, 4.69) is 4.98 Å². The smallest absolute Gasteiger partial charge is 0.126 e. The van der Waals surface area contributed by atoms with Crippen molar-refractivity contribution in [2.45, 2.75) is 13.8 Å². The third-order valence-corrected chi connectivity index (χ3v) is 3.26. The van der Waals surface area contributed by atoms with Gasteiger partial charge in [-0.3, -0.25) is 0 Å². The molecule has 0 radical (unpaired) electrons. The molecule has 0 saturated carbocycles. The normalized spacial score (nSPS) is 10.7. The second-order valence-electron chi connectivity index (χ2n) is 3.32. The monoisotopic (exact) mass is 225 g/mol. The molecule has 0 N–H and O–H groups in total. The number of nitrogens with zero attached hydrogens (tertiary/aromatic N) is 1. The van der Waals surface area contributed by atoms with E-state index in [9.17, 15) is 8.78 Å². The van der Waals surface area contributed by atoms with Gasteiger partial charge in [0, 0.05) is 16.5 Å². The number of aromatic nitrogens is 1. The molecule has 0 fully saturated rings. The van der Waals surface area contributed by atoms with E-state index in [0.717, 1.165) is 16.6 Å². The molecule has 0 atom stereocenters. The summed E-state index contributed by atoms with van der Waals surface area (Å²) in [5.74, 6) is -1.15. The Labute approximate surface area is 90.4 Å². The molecular weight excluding hydrogens is 216 g/mol. The lowest BCUT2D eigenvalue weighted by Crippen LogP contribution is -1.83. The highest BCUT2D eigenvalue weighted by molar-refractivity contribution is 7.15. The van der Waals surface area contributed by atoms with Crippen LogP contribution in [0, 0.1) is 25.5 Å². The molecule has 2 rings (SSSR count). The fourth-order valence-corrected chi connectivity index (χ4v) is 2.18. The minimum atomic E-state index is -0.574. The van der Waals surface area contributed by atoms with Crippen LogP contribution in [0.2, 0.25) is 0 Å². The standard InChI is InChI=1S/C11H9F2NS/c1-6-7(2)15-11(14-6)8-3-9(12)5-10(13)4-8/h3-5H,1-2H3. The molecule has 0 saturated heterocycles. The van der Waals surface area contributed by atoms with Crippen LogP contribution in [0.5, 0.6) is 0 Å². The van der Waals surface area contributed by atoms with Crippen LogP contribution in [0.1, 0.15) is 10.6 Å². The summed E-state index contributed by atoms with van der Waals surface area (Å²) in [7, 11) is 0. The lowest BCUT2D eigenvalue weighted by atomic mass is 10.2. The summed E-state index contributed by atoms with van der Waals surface area (Å²) in [5, 5.41) is 0.656. The zero-order valence-corrected chi connectivity index (χ0v) is 9.16. The Hall–Kier alpha value is -1.29. The first-order valence-electron chi connectivity index (χ1n) is 4.47. The Morgan fingerprint density at radius 1 is 1.07 bits per heavy atom. The van der Waals surface area contributed by atoms with E-state index < -0.39 is 11.6 Å². The van der Waals surface area contributed by atoms with E-state index in [-0.39, 0.29) is 0 Å². The number of benzene rings is 1. The van der Waals surface area contributed by atoms with Gasteiger partial charge in [-0.05, 0) is 26.0 Å². The third kappa shape index (κ3) is 2.04. The van der Waals surface area contributed by atoms with Crippen molar-refractivity contribution in [3.63, 3.8) is 0 Å². The Morgan fingerprint density at radius 2 is 1.67 bits per heavy atom. The van der Waals surface area contributed by atoms with Gasteiger partial charge < -0.3 is 0 Å². The van der Waals surface area contributed by atoms with Crippen LogP contribution in [0.3, 0.4) is 0 Å². The first-order valence-corrected chi connectivity index (χ1v) is 5.28. The maximum atomic E-state index is 13.0. The van der Waals surface area contributed by atoms with Gasteiger partial charge in [0.05, 0.1) is 5.69 Å². The van der Waals surface area contributed by atoms with Crippen LogP contribution in [-0.4, -0.2) is 4.98 Å². The molecule has 0 aliphatic carbocycles. The summed E-state index contributed by atoms with van der Waals surface area (Å²) < 4.78 is 25.9. The van der Waals surface area contributed by atoms with Crippen LogP contribution < -0.4 is 0 Å². The summed E-state index contributed by atoms with van der Waals surface area (Å²) in [6, 6.07) is 3.44. The van der Waals surface area contributed by atoms with Crippen molar-refractivity contribution in [1.29, 1.82) is 0 Å². The van der Waals surface area contributed by atoms with Crippen LogP contribution >= 0.6 is 11.3 Å². The summed E-state index contributed by atoms with van der Waals surface area (Å²) in [4.78, 5) is 5.31. The topological polar surface area (TPSA) is 12.9 Å². The van der Waals surface area contributed by atoms with E-state index in [1.165, 1.54) is 23.5 Å².